The average molecular weight is 1050 g/mol. The Morgan fingerprint density at radius 3 is 1.16 bits per heavy atom. The quantitative estimate of drug-likeness (QED) is 0.111. The molecule has 0 spiro atoms. The summed E-state index contributed by atoms with van der Waals surface area (Å²) in [6, 6.07) is 55.0. The van der Waals surface area contributed by atoms with Crippen molar-refractivity contribution >= 4 is 21.5 Å². The molecule has 7 rings (SSSR count). The summed E-state index contributed by atoms with van der Waals surface area (Å²) in [5.74, 6) is 4.30. The largest absolute Gasteiger partial charge is 0.497 e. The van der Waals surface area contributed by atoms with Gasteiger partial charge < -0.3 is 4.74 Å². The van der Waals surface area contributed by atoms with E-state index in [4.69, 9.17) is 4.74 Å². The van der Waals surface area contributed by atoms with Crippen LogP contribution in [0.4, 0.5) is 0 Å². The first-order valence-electron chi connectivity index (χ1n) is 30.8. The molecule has 5 unspecified atom stereocenters. The molecule has 0 radical (unpaired) electrons. The van der Waals surface area contributed by atoms with Crippen molar-refractivity contribution in [2.75, 3.05) is 7.11 Å². The lowest BCUT2D eigenvalue weighted by Gasteiger charge is -2.21. The van der Waals surface area contributed by atoms with Gasteiger partial charge in [-0.1, -0.05) is 311 Å². The predicted molar refractivity (Wildman–Crippen MR) is 357 cm³/mol. The van der Waals surface area contributed by atoms with Gasteiger partial charge in [0.1, 0.15) is 5.75 Å². The van der Waals surface area contributed by atoms with Gasteiger partial charge in [-0.25, -0.2) is 0 Å². The Balaban J connectivity index is -0.000000861. The Labute approximate surface area is 479 Å². The summed E-state index contributed by atoms with van der Waals surface area (Å²) in [6.07, 6.45) is 7.19. The fraction of sp³-hybridized carbons (Fsp3) is 0.500. The topological polar surface area (TPSA) is 9.23 Å². The lowest BCUT2D eigenvalue weighted by atomic mass is 9.84. The van der Waals surface area contributed by atoms with Crippen molar-refractivity contribution in [2.24, 2.45) is 0 Å². The van der Waals surface area contributed by atoms with Crippen molar-refractivity contribution < 1.29 is 4.74 Å². The molecule has 0 amide bonds. The SMILES string of the molecule is CC.CC.CC.CC.CC.CCC(C)c1ccc(C)cc1.CCC(C)c1ccc(OC)cc1.CCC(C)c1ccc2ccc3ccccc3c2c1.CCC(C)c1cccc(C(C)(C)C)c1.CCc1cccc(C(C)CC)c1. The molecule has 1 nitrogen and oxygen atoms in total. The molecule has 7 aromatic carbocycles. The van der Waals surface area contributed by atoms with Gasteiger partial charge in [0, 0.05) is 0 Å². The Bertz CT molecular complexity index is 2430. The van der Waals surface area contributed by atoms with Gasteiger partial charge in [0.2, 0.25) is 0 Å². The molecule has 77 heavy (non-hydrogen) atoms. The molecule has 0 heterocycles. The van der Waals surface area contributed by atoms with Crippen LogP contribution in [0.25, 0.3) is 21.5 Å². The fourth-order valence-corrected chi connectivity index (χ4v) is 7.76. The van der Waals surface area contributed by atoms with E-state index in [1.165, 1.54) is 98.2 Å². The lowest BCUT2D eigenvalue weighted by Crippen LogP contribution is -2.11. The van der Waals surface area contributed by atoms with Gasteiger partial charge in [-0.15, -0.1) is 0 Å². The predicted octanol–water partition coefficient (Wildman–Crippen LogP) is 25.6. The summed E-state index contributed by atoms with van der Waals surface area (Å²) in [7, 11) is 1.69. The number of ether oxygens (including phenoxy) is 1. The Morgan fingerprint density at radius 2 is 0.727 bits per heavy atom. The van der Waals surface area contributed by atoms with E-state index in [-0.39, 0.29) is 5.41 Å². The molecule has 0 fully saturated rings. The molecule has 0 bridgehead atoms. The van der Waals surface area contributed by atoms with Crippen LogP contribution in [-0.4, -0.2) is 7.11 Å². The maximum absolute atomic E-state index is 5.08. The minimum atomic E-state index is 0.267. The molecule has 1 heteroatoms. The van der Waals surface area contributed by atoms with E-state index < -0.39 is 0 Å². The highest BCUT2D eigenvalue weighted by Gasteiger charge is 2.15. The van der Waals surface area contributed by atoms with Crippen LogP contribution in [0.5, 0.6) is 5.75 Å². The van der Waals surface area contributed by atoms with Gasteiger partial charge in [-0.05, 0) is 153 Å². The summed E-state index contributed by atoms with van der Waals surface area (Å²) in [4.78, 5) is 0. The van der Waals surface area contributed by atoms with Crippen molar-refractivity contribution in [1.29, 1.82) is 0 Å². The molecule has 0 saturated heterocycles. The molecule has 0 saturated carbocycles. The van der Waals surface area contributed by atoms with Crippen LogP contribution in [0.1, 0.15) is 272 Å². The lowest BCUT2D eigenvalue weighted by molar-refractivity contribution is 0.414. The second kappa shape index (κ2) is 45.8. The van der Waals surface area contributed by atoms with Crippen molar-refractivity contribution in [2.45, 2.75) is 247 Å². The number of fused-ring (bicyclic) bond motifs is 3. The Kier molecular flexibility index (Phi) is 45.3. The van der Waals surface area contributed by atoms with Crippen LogP contribution in [0.15, 0.2) is 152 Å². The van der Waals surface area contributed by atoms with Crippen molar-refractivity contribution in [3.63, 3.8) is 0 Å². The van der Waals surface area contributed by atoms with Gasteiger partial charge in [0.05, 0.1) is 7.11 Å². The van der Waals surface area contributed by atoms with Gasteiger partial charge >= 0.3 is 0 Å². The molecule has 0 N–H and O–H groups in total. The van der Waals surface area contributed by atoms with Gasteiger partial charge in [0.25, 0.3) is 0 Å². The van der Waals surface area contributed by atoms with E-state index in [1.807, 2.05) is 81.4 Å². The second-order valence-electron chi connectivity index (χ2n) is 20.0. The maximum Gasteiger partial charge on any atom is 0.118 e. The van der Waals surface area contributed by atoms with E-state index >= 15 is 0 Å². The van der Waals surface area contributed by atoms with Crippen molar-refractivity contribution in [3.8, 4) is 5.75 Å². The van der Waals surface area contributed by atoms with Gasteiger partial charge in [-0.2, -0.15) is 0 Å². The number of hydrogen-bond acceptors (Lipinski definition) is 1. The average Bonchev–Trinajstić information content (AvgIpc) is 3.51. The van der Waals surface area contributed by atoms with E-state index in [0.717, 1.165) is 12.2 Å². The summed E-state index contributed by atoms with van der Waals surface area (Å²) >= 11 is 0. The van der Waals surface area contributed by atoms with Gasteiger partial charge in [0.15, 0.2) is 0 Å². The van der Waals surface area contributed by atoms with Crippen LogP contribution >= 0.6 is 0 Å². The Hall–Kier alpha value is -5.14. The summed E-state index contributed by atoms with van der Waals surface area (Å²) < 4.78 is 5.08. The third-order valence-electron chi connectivity index (χ3n) is 14.0. The molecular weight excluding hydrogens is 929 g/mol. The number of methoxy groups -OCH3 is 1. The highest BCUT2D eigenvalue weighted by molar-refractivity contribution is 6.07. The first kappa shape index (κ1) is 76.1. The number of rotatable bonds is 12. The van der Waals surface area contributed by atoms with Crippen LogP contribution in [0.3, 0.4) is 0 Å². The minimum absolute atomic E-state index is 0.267. The zero-order valence-corrected chi connectivity index (χ0v) is 55.0. The van der Waals surface area contributed by atoms with Crippen molar-refractivity contribution in [3.05, 3.63) is 196 Å². The van der Waals surface area contributed by atoms with Crippen molar-refractivity contribution in [1.82, 2.24) is 0 Å². The second-order valence-corrected chi connectivity index (χ2v) is 20.0. The number of aryl methyl sites for hydroxylation is 2. The first-order valence-corrected chi connectivity index (χ1v) is 30.8. The monoisotopic (exact) mass is 1050 g/mol. The first-order chi connectivity index (χ1) is 37.0. The molecule has 5 atom stereocenters. The number of benzene rings is 7. The van der Waals surface area contributed by atoms with E-state index in [0.29, 0.717) is 29.6 Å². The molecule has 7 aromatic rings. The van der Waals surface area contributed by atoms with Crippen LogP contribution < -0.4 is 4.74 Å². The molecule has 0 aliphatic heterocycles. The van der Waals surface area contributed by atoms with Crippen LogP contribution in [0, 0.1) is 6.92 Å². The Morgan fingerprint density at radius 1 is 0.364 bits per heavy atom. The summed E-state index contributed by atoms with van der Waals surface area (Å²) in [5.41, 5.74) is 11.7. The van der Waals surface area contributed by atoms with E-state index in [9.17, 15) is 0 Å². The van der Waals surface area contributed by atoms with E-state index in [1.54, 1.807) is 7.11 Å². The van der Waals surface area contributed by atoms with Crippen LogP contribution in [-0.2, 0) is 11.8 Å². The zero-order chi connectivity index (χ0) is 59.5. The van der Waals surface area contributed by atoms with Crippen LogP contribution in [0.2, 0.25) is 0 Å². The minimum Gasteiger partial charge on any atom is -0.497 e. The summed E-state index contributed by atoms with van der Waals surface area (Å²) in [6.45, 7) is 53.7. The molecule has 430 valence electrons. The summed E-state index contributed by atoms with van der Waals surface area (Å²) in [5, 5.41) is 5.40. The third-order valence-corrected chi connectivity index (χ3v) is 14.0. The zero-order valence-electron chi connectivity index (χ0n) is 55.0. The smallest absolute Gasteiger partial charge is 0.118 e. The highest BCUT2D eigenvalue weighted by atomic mass is 16.5. The molecule has 0 aliphatic carbocycles. The fourth-order valence-electron chi connectivity index (χ4n) is 7.76. The normalized spacial score (nSPS) is 11.8. The third kappa shape index (κ3) is 28.9. The van der Waals surface area contributed by atoms with Gasteiger partial charge in [-0.3, -0.25) is 0 Å². The number of hydrogen-bond donors (Lipinski definition) is 0. The molecule has 0 aliphatic rings. The molecule has 0 aromatic heterocycles. The molecular formula is C76H120O. The van der Waals surface area contributed by atoms with E-state index in [2.05, 4.69) is 243 Å². The highest BCUT2D eigenvalue weighted by Crippen LogP contribution is 2.30. The standard InChI is InChI=1S/C18H18.C14H22.C12H18.C11H16O.C11H16.5C2H6/c1-3-13(2)16-11-10-15-9-8-14-6-4-5-7-17(14)18(15)12-16;1-6-11(2)12-8-7-9-13(10-12)14(3,4)5;1-4-10(3)12-8-6-7-11(5-2)9-12;1-4-9(2)10-5-7-11(12-3)8-6-10;1-4-10(3)11-7-5-9(2)6-8-11;5*1-2/h4-13H,3H2,1-2H3;7-11H,6H2,1-5H3;6-10H,4-5H2,1-3H3;5-9H,4H2,1-3H3;5-8,10H,4H2,1-3H3;5*1-2H3. The maximum atomic E-state index is 5.08.